The number of hydrogen-bond acceptors (Lipinski definition) is 1. The van der Waals surface area contributed by atoms with Crippen LogP contribution in [-0.2, 0) is 0 Å². The zero-order valence-electron chi connectivity index (χ0n) is 7.07. The van der Waals surface area contributed by atoms with Gasteiger partial charge in [0.2, 0.25) is 0 Å². The average Bonchev–Trinajstić information content (AvgIpc) is 2.16. The minimum Gasteiger partial charge on any atom is -0.287 e. The highest BCUT2D eigenvalue weighted by Gasteiger charge is 1.93. The summed E-state index contributed by atoms with van der Waals surface area (Å²) >= 11 is 0. The molecule has 1 rings (SSSR count). The molecule has 0 saturated heterocycles. The zero-order valence-corrected chi connectivity index (χ0v) is 7.07. The minimum atomic E-state index is -0.399. The summed E-state index contributed by atoms with van der Waals surface area (Å²) in [5, 5.41) is 0. The SMILES string of the molecule is C[C@@H](CF)/N=C/c1ccccc1. The normalized spacial score (nSPS) is 13.5. The third-order valence-electron chi connectivity index (χ3n) is 1.50. The van der Waals surface area contributed by atoms with Crippen molar-refractivity contribution in [1.29, 1.82) is 0 Å². The van der Waals surface area contributed by atoms with Crippen molar-refractivity contribution >= 4 is 6.21 Å². The first-order valence-electron chi connectivity index (χ1n) is 3.97. The minimum absolute atomic E-state index is 0.231. The third kappa shape index (κ3) is 2.82. The number of benzene rings is 1. The molecule has 0 aromatic heterocycles. The van der Waals surface area contributed by atoms with E-state index in [0.29, 0.717) is 0 Å². The highest BCUT2D eigenvalue weighted by atomic mass is 19.1. The van der Waals surface area contributed by atoms with E-state index in [9.17, 15) is 4.39 Å². The van der Waals surface area contributed by atoms with Crippen LogP contribution in [0, 0.1) is 0 Å². The maximum atomic E-state index is 12.0. The fourth-order valence-corrected chi connectivity index (χ4v) is 0.792. The Morgan fingerprint density at radius 2 is 2.08 bits per heavy atom. The van der Waals surface area contributed by atoms with Crippen LogP contribution in [-0.4, -0.2) is 18.9 Å². The number of hydrogen-bond donors (Lipinski definition) is 0. The maximum Gasteiger partial charge on any atom is 0.111 e. The Hall–Kier alpha value is -1.18. The summed E-state index contributed by atoms with van der Waals surface area (Å²) in [6.07, 6.45) is 1.70. The van der Waals surface area contributed by atoms with Crippen molar-refractivity contribution in [1.82, 2.24) is 0 Å². The van der Waals surface area contributed by atoms with E-state index in [1.807, 2.05) is 30.3 Å². The van der Waals surface area contributed by atoms with E-state index in [2.05, 4.69) is 4.99 Å². The molecule has 0 aliphatic carbocycles. The molecule has 1 nitrogen and oxygen atoms in total. The average molecular weight is 165 g/mol. The molecule has 0 amide bonds. The van der Waals surface area contributed by atoms with Crippen LogP contribution in [0.1, 0.15) is 12.5 Å². The first-order valence-corrected chi connectivity index (χ1v) is 3.97. The second kappa shape index (κ2) is 4.65. The van der Waals surface area contributed by atoms with Crippen molar-refractivity contribution in [2.45, 2.75) is 13.0 Å². The van der Waals surface area contributed by atoms with Gasteiger partial charge in [-0.15, -0.1) is 0 Å². The molecule has 1 atom stereocenters. The van der Waals surface area contributed by atoms with Gasteiger partial charge in [0.25, 0.3) is 0 Å². The van der Waals surface area contributed by atoms with E-state index in [-0.39, 0.29) is 6.04 Å². The van der Waals surface area contributed by atoms with Crippen LogP contribution in [0.3, 0.4) is 0 Å². The second-order valence-electron chi connectivity index (χ2n) is 2.69. The lowest BCUT2D eigenvalue weighted by Crippen LogP contribution is -2.00. The van der Waals surface area contributed by atoms with Gasteiger partial charge >= 0.3 is 0 Å². The first-order chi connectivity index (χ1) is 5.83. The van der Waals surface area contributed by atoms with Gasteiger partial charge in [-0.25, -0.2) is 4.39 Å². The molecule has 0 spiro atoms. The molecular formula is C10H12FN. The predicted octanol–water partition coefficient (Wildman–Crippen LogP) is 2.46. The van der Waals surface area contributed by atoms with Crippen molar-refractivity contribution in [2.75, 3.05) is 6.67 Å². The number of nitrogens with zero attached hydrogens (tertiary/aromatic N) is 1. The van der Waals surface area contributed by atoms with Crippen molar-refractivity contribution in [3.05, 3.63) is 35.9 Å². The van der Waals surface area contributed by atoms with Gasteiger partial charge in [-0.2, -0.15) is 0 Å². The summed E-state index contributed by atoms with van der Waals surface area (Å²) in [4.78, 5) is 4.01. The van der Waals surface area contributed by atoms with E-state index >= 15 is 0 Å². The monoisotopic (exact) mass is 165 g/mol. The van der Waals surface area contributed by atoms with Crippen LogP contribution >= 0.6 is 0 Å². The number of halogens is 1. The van der Waals surface area contributed by atoms with Gasteiger partial charge in [0.05, 0.1) is 6.04 Å². The van der Waals surface area contributed by atoms with E-state index in [4.69, 9.17) is 0 Å². The third-order valence-corrected chi connectivity index (χ3v) is 1.50. The lowest BCUT2D eigenvalue weighted by atomic mass is 10.2. The summed E-state index contributed by atoms with van der Waals surface area (Å²) in [6.45, 7) is 1.35. The van der Waals surface area contributed by atoms with Crippen molar-refractivity contribution < 1.29 is 4.39 Å². The van der Waals surface area contributed by atoms with E-state index in [1.165, 1.54) is 0 Å². The number of rotatable bonds is 3. The predicted molar refractivity (Wildman–Crippen MR) is 49.5 cm³/mol. The van der Waals surface area contributed by atoms with Gasteiger partial charge < -0.3 is 0 Å². The van der Waals surface area contributed by atoms with Crippen LogP contribution in [0.5, 0.6) is 0 Å². The number of aliphatic imine (C=N–C) groups is 1. The molecule has 12 heavy (non-hydrogen) atoms. The summed E-state index contributed by atoms with van der Waals surface area (Å²) in [5.41, 5.74) is 1.01. The molecule has 2 heteroatoms. The fourth-order valence-electron chi connectivity index (χ4n) is 0.792. The van der Waals surface area contributed by atoms with Crippen molar-refractivity contribution in [3.63, 3.8) is 0 Å². The molecule has 0 unspecified atom stereocenters. The molecule has 0 N–H and O–H groups in total. The molecule has 0 aliphatic rings. The van der Waals surface area contributed by atoms with Gasteiger partial charge in [0.15, 0.2) is 0 Å². The Balaban J connectivity index is 2.58. The van der Waals surface area contributed by atoms with E-state index in [1.54, 1.807) is 13.1 Å². The highest BCUT2D eigenvalue weighted by Crippen LogP contribution is 1.96. The molecule has 0 radical (unpaired) electrons. The second-order valence-corrected chi connectivity index (χ2v) is 2.69. The van der Waals surface area contributed by atoms with Gasteiger partial charge in [0, 0.05) is 6.21 Å². The molecule has 0 bridgehead atoms. The van der Waals surface area contributed by atoms with Gasteiger partial charge in [-0.3, -0.25) is 4.99 Å². The molecule has 64 valence electrons. The Labute approximate surface area is 72.0 Å². The van der Waals surface area contributed by atoms with Crippen molar-refractivity contribution in [3.8, 4) is 0 Å². The maximum absolute atomic E-state index is 12.0. The van der Waals surface area contributed by atoms with Crippen LogP contribution < -0.4 is 0 Å². The zero-order chi connectivity index (χ0) is 8.81. The van der Waals surface area contributed by atoms with Gasteiger partial charge in [-0.05, 0) is 12.5 Å². The quantitative estimate of drug-likeness (QED) is 0.610. The molecule has 0 heterocycles. The summed E-state index contributed by atoms with van der Waals surface area (Å²) < 4.78 is 12.0. The van der Waals surface area contributed by atoms with Gasteiger partial charge in [-0.1, -0.05) is 30.3 Å². The molecule has 0 saturated carbocycles. The molecule has 1 aromatic carbocycles. The molecule has 1 aromatic rings. The Bertz CT molecular complexity index is 243. The summed E-state index contributed by atoms with van der Waals surface area (Å²) in [7, 11) is 0. The molecular weight excluding hydrogens is 153 g/mol. The molecule has 0 aliphatic heterocycles. The smallest absolute Gasteiger partial charge is 0.111 e. The van der Waals surface area contributed by atoms with E-state index in [0.717, 1.165) is 5.56 Å². The van der Waals surface area contributed by atoms with Gasteiger partial charge in [0.1, 0.15) is 6.67 Å². The van der Waals surface area contributed by atoms with Crippen molar-refractivity contribution in [2.24, 2.45) is 4.99 Å². The summed E-state index contributed by atoms with van der Waals surface area (Å²) in [5.74, 6) is 0. The van der Waals surface area contributed by atoms with E-state index < -0.39 is 6.67 Å². The Morgan fingerprint density at radius 1 is 1.42 bits per heavy atom. The summed E-state index contributed by atoms with van der Waals surface area (Å²) in [6, 6.07) is 9.45. The number of alkyl halides is 1. The first kappa shape index (κ1) is 8.91. The van der Waals surface area contributed by atoms with Crippen LogP contribution in [0.25, 0.3) is 0 Å². The highest BCUT2D eigenvalue weighted by molar-refractivity contribution is 5.79. The Morgan fingerprint density at radius 3 is 2.67 bits per heavy atom. The van der Waals surface area contributed by atoms with Crippen LogP contribution in [0.4, 0.5) is 4.39 Å². The molecule has 0 fully saturated rings. The van der Waals surface area contributed by atoms with Crippen LogP contribution in [0.15, 0.2) is 35.3 Å². The lowest BCUT2D eigenvalue weighted by molar-refractivity contribution is 0.447. The topological polar surface area (TPSA) is 12.4 Å². The van der Waals surface area contributed by atoms with Crippen LogP contribution in [0.2, 0.25) is 0 Å². The fraction of sp³-hybridized carbons (Fsp3) is 0.300. The Kier molecular flexibility index (Phi) is 3.45. The lowest BCUT2D eigenvalue weighted by Gasteiger charge is -1.97. The standard InChI is InChI=1S/C10H12FN/c1-9(7-11)12-8-10-5-3-2-4-6-10/h2-6,8-9H,7H2,1H3/b12-8+/t9-/m0/s1. The largest absolute Gasteiger partial charge is 0.287 e.